The van der Waals surface area contributed by atoms with E-state index in [0.29, 0.717) is 5.75 Å². The van der Waals surface area contributed by atoms with Gasteiger partial charge in [0.2, 0.25) is 4.84 Å². The number of carbonyl (C=O) groups excluding carboxylic acids is 1. The number of fused-ring (bicyclic) bond motifs is 1. The van der Waals surface area contributed by atoms with Crippen molar-refractivity contribution in [3.8, 4) is 5.75 Å². The van der Waals surface area contributed by atoms with Crippen LogP contribution in [-0.4, -0.2) is 10.8 Å². The lowest BCUT2D eigenvalue weighted by Gasteiger charge is -2.07. The second-order valence-electron chi connectivity index (χ2n) is 3.20. The van der Waals surface area contributed by atoms with Crippen molar-refractivity contribution in [2.24, 2.45) is 0 Å². The van der Waals surface area contributed by atoms with Crippen LogP contribution < -0.4 is 4.74 Å². The molecule has 0 heterocycles. The molecule has 4 heteroatoms. The molecule has 0 radical (unpaired) electrons. The third-order valence-electron chi connectivity index (χ3n) is 2.14. The molecule has 0 aliphatic heterocycles. The number of carbonyl (C=O) groups is 1. The van der Waals surface area contributed by atoms with E-state index in [9.17, 15) is 4.79 Å². The number of hydrogen-bond donors (Lipinski definition) is 0. The molecule has 2 rings (SSSR count). The summed E-state index contributed by atoms with van der Waals surface area (Å²) in [5.41, 5.74) is 0. The van der Waals surface area contributed by atoms with Gasteiger partial charge in [0.05, 0.1) is 0 Å². The van der Waals surface area contributed by atoms with E-state index in [0.717, 1.165) is 10.8 Å². The summed E-state index contributed by atoms with van der Waals surface area (Å²) in [6.07, 6.45) is 0. The Balaban J connectivity index is 2.41. The van der Waals surface area contributed by atoms with E-state index in [1.807, 2.05) is 36.4 Å². The topological polar surface area (TPSA) is 26.3 Å². The fourth-order valence-electron chi connectivity index (χ4n) is 1.44. The van der Waals surface area contributed by atoms with E-state index in [-0.39, 0.29) is 0 Å². The van der Waals surface area contributed by atoms with Gasteiger partial charge in [0.25, 0.3) is 0 Å². The Morgan fingerprint density at radius 1 is 1.06 bits per heavy atom. The van der Waals surface area contributed by atoms with Crippen LogP contribution in [0.25, 0.3) is 10.8 Å². The second-order valence-corrected chi connectivity index (χ2v) is 4.30. The first-order valence-electron chi connectivity index (χ1n) is 4.66. The molecule has 2 nitrogen and oxygen atoms in total. The van der Waals surface area contributed by atoms with Crippen molar-refractivity contribution in [3.05, 3.63) is 42.5 Å². The van der Waals surface area contributed by atoms with Gasteiger partial charge in [-0.2, -0.15) is 0 Å². The van der Waals surface area contributed by atoms with Gasteiger partial charge < -0.3 is 4.74 Å². The smallest absolute Gasteiger partial charge is 0.344 e. The average Bonchev–Trinajstić information content (AvgIpc) is 2.29. The minimum Gasteiger partial charge on any atom is -0.424 e. The molecule has 0 N–H and O–H groups in total. The van der Waals surface area contributed by atoms with E-state index in [4.69, 9.17) is 27.9 Å². The van der Waals surface area contributed by atoms with Gasteiger partial charge in [0.1, 0.15) is 5.75 Å². The third-order valence-corrected chi connectivity index (χ3v) is 2.49. The molecule has 0 unspecified atom stereocenters. The first kappa shape index (κ1) is 11.2. The van der Waals surface area contributed by atoms with Crippen LogP contribution in [0.3, 0.4) is 0 Å². The number of hydrogen-bond acceptors (Lipinski definition) is 2. The molecule has 0 atom stereocenters. The normalized spacial score (nSPS) is 10.7. The number of benzene rings is 2. The van der Waals surface area contributed by atoms with Gasteiger partial charge in [-0.05, 0) is 11.5 Å². The molecule has 0 aromatic heterocycles. The van der Waals surface area contributed by atoms with E-state index < -0.39 is 10.8 Å². The highest BCUT2D eigenvalue weighted by molar-refractivity contribution is 6.53. The van der Waals surface area contributed by atoms with Crippen LogP contribution in [0.15, 0.2) is 42.5 Å². The van der Waals surface area contributed by atoms with Crippen LogP contribution in [0.4, 0.5) is 0 Å². The first-order chi connectivity index (χ1) is 7.68. The summed E-state index contributed by atoms with van der Waals surface area (Å²) in [4.78, 5) is 10.1. The quantitative estimate of drug-likeness (QED) is 0.466. The molecule has 2 aromatic carbocycles. The Hall–Kier alpha value is -1.25. The van der Waals surface area contributed by atoms with Crippen LogP contribution in [0.1, 0.15) is 0 Å². The zero-order valence-electron chi connectivity index (χ0n) is 8.19. The van der Waals surface area contributed by atoms with Gasteiger partial charge in [0, 0.05) is 5.39 Å². The van der Waals surface area contributed by atoms with Gasteiger partial charge in [-0.15, -0.1) is 0 Å². The molecule has 0 aliphatic rings. The highest BCUT2D eigenvalue weighted by Crippen LogP contribution is 2.25. The predicted octanol–water partition coefficient (Wildman–Crippen LogP) is 3.55. The molecule has 2 aromatic rings. The van der Waals surface area contributed by atoms with Crippen molar-refractivity contribution in [2.45, 2.75) is 4.84 Å². The Bertz CT molecular complexity index is 518. The van der Waals surface area contributed by atoms with Gasteiger partial charge in [-0.1, -0.05) is 59.6 Å². The number of rotatable bonds is 2. The zero-order chi connectivity index (χ0) is 11.5. The van der Waals surface area contributed by atoms with Crippen LogP contribution >= 0.6 is 23.2 Å². The Labute approximate surface area is 103 Å². The average molecular weight is 255 g/mol. The minimum absolute atomic E-state index is 0.467. The molecule has 0 bridgehead atoms. The maximum Gasteiger partial charge on any atom is 0.344 e. The van der Waals surface area contributed by atoms with Crippen molar-refractivity contribution in [1.82, 2.24) is 0 Å². The van der Waals surface area contributed by atoms with Gasteiger partial charge in [-0.25, -0.2) is 4.79 Å². The Kier molecular flexibility index (Phi) is 3.32. The Morgan fingerprint density at radius 2 is 1.75 bits per heavy atom. The summed E-state index contributed by atoms with van der Waals surface area (Å²) in [5, 5.41) is 1.85. The molecule has 82 valence electrons. The maximum absolute atomic E-state index is 11.3. The molecule has 0 fully saturated rings. The number of esters is 1. The highest BCUT2D eigenvalue weighted by atomic mass is 35.5. The van der Waals surface area contributed by atoms with Gasteiger partial charge >= 0.3 is 5.97 Å². The monoisotopic (exact) mass is 254 g/mol. The lowest BCUT2D eigenvalue weighted by Crippen LogP contribution is -2.15. The van der Waals surface area contributed by atoms with E-state index in [1.54, 1.807) is 6.07 Å². The standard InChI is InChI=1S/C12H8Cl2O2/c13-11(14)12(15)16-10-7-3-5-8-4-1-2-6-9(8)10/h1-7,11H. The molecule has 0 aliphatic carbocycles. The minimum atomic E-state index is -1.17. The second kappa shape index (κ2) is 4.73. The number of ether oxygens (including phenoxy) is 1. The lowest BCUT2D eigenvalue weighted by molar-refractivity contribution is -0.132. The van der Waals surface area contributed by atoms with Crippen LogP contribution in [0.5, 0.6) is 5.75 Å². The SMILES string of the molecule is O=C(Oc1cccc2ccccc12)C(Cl)Cl. The summed E-state index contributed by atoms with van der Waals surface area (Å²) >= 11 is 10.8. The third kappa shape index (κ3) is 2.29. The number of alkyl halides is 2. The lowest BCUT2D eigenvalue weighted by atomic mass is 10.1. The molecule has 16 heavy (non-hydrogen) atoms. The van der Waals surface area contributed by atoms with Crippen molar-refractivity contribution >= 4 is 39.9 Å². The fourth-order valence-corrected chi connectivity index (χ4v) is 1.53. The fraction of sp³-hybridized carbons (Fsp3) is 0.0833. The van der Waals surface area contributed by atoms with Crippen LogP contribution in [-0.2, 0) is 4.79 Å². The summed E-state index contributed by atoms with van der Waals surface area (Å²) in [5.74, 6) is -0.200. The van der Waals surface area contributed by atoms with E-state index in [1.165, 1.54) is 0 Å². The molecule has 0 saturated heterocycles. The summed E-state index contributed by atoms with van der Waals surface area (Å²) in [6.45, 7) is 0. The number of halogens is 2. The molecular weight excluding hydrogens is 247 g/mol. The van der Waals surface area contributed by atoms with Gasteiger partial charge in [0.15, 0.2) is 0 Å². The summed E-state index contributed by atoms with van der Waals surface area (Å²) in [7, 11) is 0. The maximum atomic E-state index is 11.3. The van der Waals surface area contributed by atoms with E-state index in [2.05, 4.69) is 0 Å². The largest absolute Gasteiger partial charge is 0.424 e. The molecule has 0 amide bonds. The van der Waals surface area contributed by atoms with Crippen molar-refractivity contribution < 1.29 is 9.53 Å². The van der Waals surface area contributed by atoms with Crippen LogP contribution in [0.2, 0.25) is 0 Å². The van der Waals surface area contributed by atoms with E-state index >= 15 is 0 Å². The van der Waals surface area contributed by atoms with Gasteiger partial charge in [-0.3, -0.25) is 0 Å². The molecule has 0 saturated carbocycles. The van der Waals surface area contributed by atoms with Crippen molar-refractivity contribution in [3.63, 3.8) is 0 Å². The summed E-state index contributed by atoms with van der Waals surface area (Å²) in [6, 6.07) is 13.0. The molecule has 0 spiro atoms. The predicted molar refractivity (Wildman–Crippen MR) is 65.1 cm³/mol. The van der Waals surface area contributed by atoms with Crippen molar-refractivity contribution in [2.75, 3.05) is 0 Å². The van der Waals surface area contributed by atoms with Crippen LogP contribution in [0, 0.1) is 0 Å². The first-order valence-corrected chi connectivity index (χ1v) is 5.53. The zero-order valence-corrected chi connectivity index (χ0v) is 9.70. The summed E-state index contributed by atoms with van der Waals surface area (Å²) < 4.78 is 5.09. The highest BCUT2D eigenvalue weighted by Gasteiger charge is 2.15. The Morgan fingerprint density at radius 3 is 2.50 bits per heavy atom. The van der Waals surface area contributed by atoms with Crippen molar-refractivity contribution in [1.29, 1.82) is 0 Å². The molecular formula is C12H8Cl2O2.